The zero-order chi connectivity index (χ0) is 18.2. The molecule has 0 spiro atoms. The molecule has 0 heterocycles. The molecule has 5 heteroatoms. The van der Waals surface area contributed by atoms with E-state index in [-0.39, 0.29) is 18.4 Å². The minimum absolute atomic E-state index is 0.0604. The monoisotopic (exact) mass is 341 g/mol. The van der Waals surface area contributed by atoms with Crippen LogP contribution in [-0.2, 0) is 9.59 Å². The lowest BCUT2D eigenvalue weighted by Crippen LogP contribution is -2.35. The van der Waals surface area contributed by atoms with Gasteiger partial charge in [-0.1, -0.05) is 49.4 Å². The lowest BCUT2D eigenvalue weighted by Gasteiger charge is -2.18. The number of amides is 1. The molecule has 0 aliphatic rings. The van der Waals surface area contributed by atoms with Gasteiger partial charge in [-0.15, -0.1) is 0 Å². The molecule has 2 rings (SSSR count). The summed E-state index contributed by atoms with van der Waals surface area (Å²) in [5.74, 6) is -1.48. The first-order valence-electron chi connectivity index (χ1n) is 8.26. The summed E-state index contributed by atoms with van der Waals surface area (Å²) in [5, 5.41) is 12.2. The van der Waals surface area contributed by atoms with Crippen LogP contribution in [-0.4, -0.2) is 30.6 Å². The highest BCUT2D eigenvalue weighted by atomic mass is 16.5. The molecule has 2 unspecified atom stereocenters. The molecule has 1 amide bonds. The van der Waals surface area contributed by atoms with E-state index in [1.54, 1.807) is 31.4 Å². The van der Waals surface area contributed by atoms with Crippen LogP contribution >= 0.6 is 0 Å². The van der Waals surface area contributed by atoms with Crippen LogP contribution in [0.25, 0.3) is 0 Å². The van der Waals surface area contributed by atoms with Crippen molar-refractivity contribution >= 4 is 11.9 Å². The number of ether oxygens (including phenoxy) is 1. The number of benzene rings is 2. The number of carboxylic acid groups (broad SMARTS) is 1. The second kappa shape index (κ2) is 8.87. The Morgan fingerprint density at radius 1 is 1.00 bits per heavy atom. The van der Waals surface area contributed by atoms with Gasteiger partial charge in [-0.3, -0.25) is 9.59 Å². The largest absolute Gasteiger partial charge is 0.497 e. The van der Waals surface area contributed by atoms with Crippen molar-refractivity contribution in [3.8, 4) is 5.75 Å². The van der Waals surface area contributed by atoms with Gasteiger partial charge in [0.15, 0.2) is 0 Å². The Balaban J connectivity index is 2.06. The minimum atomic E-state index is -0.955. The number of hydrogen-bond acceptors (Lipinski definition) is 3. The van der Waals surface area contributed by atoms with E-state index in [0.717, 1.165) is 11.3 Å². The molecule has 0 fully saturated rings. The summed E-state index contributed by atoms with van der Waals surface area (Å²) in [6.45, 7) is 1.99. The normalized spacial score (nSPS) is 12.9. The number of methoxy groups -OCH3 is 1. The number of carbonyl (C=O) groups is 2. The molecule has 0 radical (unpaired) electrons. The van der Waals surface area contributed by atoms with E-state index < -0.39 is 11.9 Å². The molecule has 0 saturated carbocycles. The Morgan fingerprint density at radius 3 is 2.12 bits per heavy atom. The standard InChI is InChI=1S/C20H23NO4/c1-3-17(15-9-11-16(25-2)12-10-15)19(22)21-13-18(20(23)24)14-7-5-4-6-8-14/h4-12,17-18H,3,13H2,1-2H3,(H,21,22)(H,23,24). The maximum absolute atomic E-state index is 12.6. The van der Waals surface area contributed by atoms with Crippen LogP contribution in [0.1, 0.15) is 36.3 Å². The summed E-state index contributed by atoms with van der Waals surface area (Å²) in [7, 11) is 1.59. The molecule has 2 N–H and O–H groups in total. The quantitative estimate of drug-likeness (QED) is 0.773. The fourth-order valence-corrected chi connectivity index (χ4v) is 2.77. The highest BCUT2D eigenvalue weighted by Gasteiger charge is 2.23. The van der Waals surface area contributed by atoms with Crippen LogP contribution in [0.2, 0.25) is 0 Å². The smallest absolute Gasteiger partial charge is 0.312 e. The van der Waals surface area contributed by atoms with Gasteiger partial charge in [-0.25, -0.2) is 0 Å². The van der Waals surface area contributed by atoms with E-state index in [0.29, 0.717) is 12.0 Å². The Kier molecular flexibility index (Phi) is 6.57. The third-order valence-corrected chi connectivity index (χ3v) is 4.22. The summed E-state index contributed by atoms with van der Waals surface area (Å²) in [4.78, 5) is 24.1. The van der Waals surface area contributed by atoms with Crippen molar-refractivity contribution in [3.05, 3.63) is 65.7 Å². The molecular formula is C20H23NO4. The van der Waals surface area contributed by atoms with Crippen molar-refractivity contribution < 1.29 is 19.4 Å². The van der Waals surface area contributed by atoms with Crippen LogP contribution in [0.5, 0.6) is 5.75 Å². The van der Waals surface area contributed by atoms with E-state index in [2.05, 4.69) is 5.32 Å². The summed E-state index contributed by atoms with van der Waals surface area (Å²) < 4.78 is 5.13. The molecule has 5 nitrogen and oxygen atoms in total. The number of rotatable bonds is 8. The predicted octanol–water partition coefficient (Wildman–Crippen LogP) is 3.17. The lowest BCUT2D eigenvalue weighted by molar-refractivity contribution is -0.138. The van der Waals surface area contributed by atoms with E-state index in [1.165, 1.54) is 0 Å². The molecule has 2 aromatic rings. The van der Waals surface area contributed by atoms with Gasteiger partial charge < -0.3 is 15.2 Å². The summed E-state index contributed by atoms with van der Waals surface area (Å²) >= 11 is 0. The van der Waals surface area contributed by atoms with Crippen LogP contribution < -0.4 is 10.1 Å². The Morgan fingerprint density at radius 2 is 1.60 bits per heavy atom. The summed E-state index contributed by atoms with van der Waals surface area (Å²) in [5.41, 5.74) is 1.56. The minimum Gasteiger partial charge on any atom is -0.497 e. The van der Waals surface area contributed by atoms with Crippen molar-refractivity contribution in [3.63, 3.8) is 0 Å². The van der Waals surface area contributed by atoms with Gasteiger partial charge in [0, 0.05) is 6.54 Å². The molecule has 0 aromatic heterocycles. The molecular weight excluding hydrogens is 318 g/mol. The maximum Gasteiger partial charge on any atom is 0.312 e. The van der Waals surface area contributed by atoms with Crippen molar-refractivity contribution in [2.75, 3.05) is 13.7 Å². The summed E-state index contributed by atoms with van der Waals surface area (Å²) in [6.07, 6.45) is 0.626. The van der Waals surface area contributed by atoms with Gasteiger partial charge >= 0.3 is 5.97 Å². The zero-order valence-corrected chi connectivity index (χ0v) is 14.4. The van der Waals surface area contributed by atoms with Crippen molar-refractivity contribution in [1.29, 1.82) is 0 Å². The predicted molar refractivity (Wildman–Crippen MR) is 95.9 cm³/mol. The molecule has 2 aromatic carbocycles. The Bertz CT molecular complexity index is 697. The average Bonchev–Trinajstić information content (AvgIpc) is 2.63. The molecule has 2 atom stereocenters. The van der Waals surface area contributed by atoms with Crippen LogP contribution in [0.4, 0.5) is 0 Å². The van der Waals surface area contributed by atoms with E-state index >= 15 is 0 Å². The second-order valence-electron chi connectivity index (χ2n) is 5.78. The number of carboxylic acids is 1. The molecule has 0 bridgehead atoms. The zero-order valence-electron chi connectivity index (χ0n) is 14.4. The highest BCUT2D eigenvalue weighted by Crippen LogP contribution is 2.23. The summed E-state index contributed by atoms with van der Waals surface area (Å²) in [6, 6.07) is 16.3. The molecule has 0 aliphatic carbocycles. The number of carbonyl (C=O) groups excluding carboxylic acids is 1. The van der Waals surface area contributed by atoms with Crippen molar-refractivity contribution in [2.45, 2.75) is 25.2 Å². The first kappa shape index (κ1) is 18.5. The first-order valence-corrected chi connectivity index (χ1v) is 8.26. The van der Waals surface area contributed by atoms with Crippen LogP contribution in [0.15, 0.2) is 54.6 Å². The fourth-order valence-electron chi connectivity index (χ4n) is 2.77. The van der Waals surface area contributed by atoms with Gasteiger partial charge in [0.2, 0.25) is 5.91 Å². The van der Waals surface area contributed by atoms with E-state index in [1.807, 2.05) is 37.3 Å². The van der Waals surface area contributed by atoms with Gasteiger partial charge in [0.25, 0.3) is 0 Å². The number of aliphatic carboxylic acids is 1. The number of nitrogens with one attached hydrogen (secondary N) is 1. The Hall–Kier alpha value is -2.82. The van der Waals surface area contributed by atoms with Gasteiger partial charge in [0.1, 0.15) is 5.75 Å². The number of hydrogen-bond donors (Lipinski definition) is 2. The fraction of sp³-hybridized carbons (Fsp3) is 0.300. The SMILES string of the molecule is CCC(C(=O)NCC(C(=O)O)c1ccccc1)c1ccc(OC)cc1. The van der Waals surface area contributed by atoms with Gasteiger partial charge in [-0.05, 0) is 29.7 Å². The van der Waals surface area contributed by atoms with E-state index in [4.69, 9.17) is 4.74 Å². The van der Waals surface area contributed by atoms with E-state index in [9.17, 15) is 14.7 Å². The van der Waals surface area contributed by atoms with Gasteiger partial charge in [0.05, 0.1) is 18.9 Å². The Labute approximate surface area is 147 Å². The maximum atomic E-state index is 12.6. The molecule has 25 heavy (non-hydrogen) atoms. The molecule has 0 saturated heterocycles. The highest BCUT2D eigenvalue weighted by molar-refractivity contribution is 5.85. The van der Waals surface area contributed by atoms with Crippen LogP contribution in [0, 0.1) is 0 Å². The van der Waals surface area contributed by atoms with Gasteiger partial charge in [-0.2, -0.15) is 0 Å². The first-order chi connectivity index (χ1) is 12.1. The lowest BCUT2D eigenvalue weighted by atomic mass is 9.94. The topological polar surface area (TPSA) is 75.6 Å². The second-order valence-corrected chi connectivity index (χ2v) is 5.78. The van der Waals surface area contributed by atoms with Crippen molar-refractivity contribution in [1.82, 2.24) is 5.32 Å². The van der Waals surface area contributed by atoms with Crippen molar-refractivity contribution in [2.24, 2.45) is 0 Å². The molecule has 0 aliphatic heterocycles. The molecule has 132 valence electrons. The third-order valence-electron chi connectivity index (χ3n) is 4.22. The third kappa shape index (κ3) is 4.83. The average molecular weight is 341 g/mol. The van der Waals surface area contributed by atoms with Crippen LogP contribution in [0.3, 0.4) is 0 Å².